The van der Waals surface area contributed by atoms with Crippen LogP contribution in [0.4, 0.5) is 4.39 Å². The molecule has 0 atom stereocenters. The Hall–Kier alpha value is -3.55. The summed E-state index contributed by atoms with van der Waals surface area (Å²) in [5, 5.41) is 6.52. The third-order valence-corrected chi connectivity index (χ3v) is 3.68. The predicted molar refractivity (Wildman–Crippen MR) is 94.6 cm³/mol. The summed E-state index contributed by atoms with van der Waals surface area (Å²) < 4.78 is 19.5. The zero-order chi connectivity index (χ0) is 19.2. The number of carbonyl (C=O) groups excluding carboxylic acids is 2. The Kier molecular flexibility index (Phi) is 5.55. The van der Waals surface area contributed by atoms with E-state index in [1.807, 2.05) is 30.3 Å². The van der Waals surface area contributed by atoms with Gasteiger partial charge >= 0.3 is 5.97 Å². The normalized spacial score (nSPS) is 10.4. The van der Waals surface area contributed by atoms with Gasteiger partial charge < -0.3 is 10.1 Å². The molecule has 0 saturated heterocycles. The van der Waals surface area contributed by atoms with Gasteiger partial charge in [-0.05, 0) is 36.8 Å². The highest BCUT2D eigenvalue weighted by Gasteiger charge is 2.16. The van der Waals surface area contributed by atoms with Crippen LogP contribution in [0, 0.1) is 12.7 Å². The van der Waals surface area contributed by atoms with Crippen molar-refractivity contribution in [2.24, 2.45) is 0 Å². The Labute approximate surface area is 154 Å². The first kappa shape index (κ1) is 18.2. The second kappa shape index (κ2) is 8.22. The molecule has 0 fully saturated rings. The Morgan fingerprint density at radius 3 is 2.52 bits per heavy atom. The highest BCUT2D eigenvalue weighted by Crippen LogP contribution is 2.10. The Bertz CT molecular complexity index is 939. The molecule has 3 rings (SSSR count). The van der Waals surface area contributed by atoms with Gasteiger partial charge in [-0.3, -0.25) is 9.59 Å². The van der Waals surface area contributed by atoms with Crippen LogP contribution in [0.15, 0.2) is 54.6 Å². The van der Waals surface area contributed by atoms with E-state index in [1.165, 1.54) is 28.9 Å². The molecule has 0 aliphatic heterocycles. The van der Waals surface area contributed by atoms with Crippen molar-refractivity contribution in [3.05, 3.63) is 77.6 Å². The molecule has 0 unspecified atom stereocenters. The summed E-state index contributed by atoms with van der Waals surface area (Å²) in [6.45, 7) is 1.50. The van der Waals surface area contributed by atoms with E-state index >= 15 is 0 Å². The third-order valence-electron chi connectivity index (χ3n) is 3.68. The maximum absolute atomic E-state index is 13.0. The quantitative estimate of drug-likeness (QED) is 0.674. The number of nitrogens with one attached hydrogen (secondary N) is 1. The molecule has 0 spiro atoms. The van der Waals surface area contributed by atoms with Gasteiger partial charge in [0.15, 0.2) is 0 Å². The number of aryl methyl sites for hydroxylation is 1. The van der Waals surface area contributed by atoms with E-state index in [9.17, 15) is 14.0 Å². The topological polar surface area (TPSA) is 86.1 Å². The number of carbonyl (C=O) groups is 2. The summed E-state index contributed by atoms with van der Waals surface area (Å²) in [5.41, 5.74) is 1.43. The minimum absolute atomic E-state index is 0.0901. The van der Waals surface area contributed by atoms with E-state index in [1.54, 1.807) is 6.92 Å². The van der Waals surface area contributed by atoms with Crippen molar-refractivity contribution in [1.82, 2.24) is 20.1 Å². The minimum Gasteiger partial charge on any atom is -0.460 e. The molecular weight excluding hydrogens is 351 g/mol. The summed E-state index contributed by atoms with van der Waals surface area (Å²) in [6.07, 6.45) is 0. The fourth-order valence-electron chi connectivity index (χ4n) is 2.33. The number of rotatable bonds is 6. The summed E-state index contributed by atoms with van der Waals surface area (Å²) in [4.78, 5) is 28.0. The first-order chi connectivity index (χ1) is 13.0. The van der Waals surface area contributed by atoms with Crippen molar-refractivity contribution in [2.75, 3.05) is 6.54 Å². The highest BCUT2D eigenvalue weighted by molar-refractivity contribution is 5.92. The van der Waals surface area contributed by atoms with E-state index in [4.69, 9.17) is 4.74 Å². The number of benzene rings is 2. The lowest BCUT2D eigenvalue weighted by atomic mass is 10.2. The summed E-state index contributed by atoms with van der Waals surface area (Å²) in [7, 11) is 0. The molecule has 0 aliphatic rings. The first-order valence-corrected chi connectivity index (χ1v) is 8.20. The number of aromatic nitrogens is 3. The maximum Gasteiger partial charge on any atom is 0.325 e. The highest BCUT2D eigenvalue weighted by atomic mass is 19.1. The van der Waals surface area contributed by atoms with Crippen molar-refractivity contribution in [1.29, 1.82) is 0 Å². The van der Waals surface area contributed by atoms with Gasteiger partial charge in [-0.1, -0.05) is 30.3 Å². The fourth-order valence-corrected chi connectivity index (χ4v) is 2.33. The average Bonchev–Trinajstić information content (AvgIpc) is 3.07. The molecule has 0 saturated carbocycles. The molecule has 1 amide bonds. The van der Waals surface area contributed by atoms with Crippen LogP contribution in [-0.2, 0) is 16.1 Å². The number of ether oxygens (including phenoxy) is 1. The Morgan fingerprint density at radius 2 is 1.81 bits per heavy atom. The van der Waals surface area contributed by atoms with Gasteiger partial charge in [0.05, 0.1) is 5.69 Å². The lowest BCUT2D eigenvalue weighted by Crippen LogP contribution is -2.31. The summed E-state index contributed by atoms with van der Waals surface area (Å²) in [5.74, 6) is -1.17. The number of amides is 1. The van der Waals surface area contributed by atoms with Crippen LogP contribution in [-0.4, -0.2) is 33.2 Å². The van der Waals surface area contributed by atoms with E-state index in [2.05, 4.69) is 15.4 Å². The predicted octanol–water partition coefficient (Wildman–Crippen LogP) is 2.19. The number of nitrogens with zero attached hydrogens (tertiary/aromatic N) is 3. The fraction of sp³-hybridized carbons (Fsp3) is 0.158. The van der Waals surface area contributed by atoms with Crippen molar-refractivity contribution >= 4 is 11.9 Å². The zero-order valence-corrected chi connectivity index (χ0v) is 14.6. The van der Waals surface area contributed by atoms with Gasteiger partial charge in [0.2, 0.25) is 5.82 Å². The van der Waals surface area contributed by atoms with Crippen LogP contribution in [0.1, 0.15) is 22.0 Å². The lowest BCUT2D eigenvalue weighted by molar-refractivity contribution is -0.143. The molecule has 0 bridgehead atoms. The second-order valence-corrected chi connectivity index (χ2v) is 5.70. The van der Waals surface area contributed by atoms with E-state index in [0.717, 1.165) is 5.56 Å². The standard InChI is InChI=1S/C19H17FN4O3/c1-13-22-18(23-24(13)16-9-7-15(20)8-10-16)19(26)21-11-17(25)27-12-14-5-3-2-4-6-14/h2-10H,11-12H2,1H3,(H,21,26). The molecule has 1 aromatic heterocycles. The Morgan fingerprint density at radius 1 is 1.11 bits per heavy atom. The monoisotopic (exact) mass is 368 g/mol. The largest absolute Gasteiger partial charge is 0.460 e. The van der Waals surface area contributed by atoms with Gasteiger partial charge in [-0.15, -0.1) is 5.10 Å². The molecule has 0 aliphatic carbocycles. The van der Waals surface area contributed by atoms with Crippen LogP contribution < -0.4 is 5.32 Å². The molecule has 8 heteroatoms. The van der Waals surface area contributed by atoms with Crippen LogP contribution in [0.25, 0.3) is 5.69 Å². The maximum atomic E-state index is 13.0. The molecule has 1 heterocycles. The van der Waals surface area contributed by atoms with E-state index in [0.29, 0.717) is 11.5 Å². The average molecular weight is 368 g/mol. The van der Waals surface area contributed by atoms with Gasteiger partial charge in [-0.25, -0.2) is 14.1 Å². The number of hydrogen-bond acceptors (Lipinski definition) is 5. The Balaban J connectivity index is 1.56. The second-order valence-electron chi connectivity index (χ2n) is 5.70. The van der Waals surface area contributed by atoms with Crippen LogP contribution >= 0.6 is 0 Å². The first-order valence-electron chi connectivity index (χ1n) is 8.20. The zero-order valence-electron chi connectivity index (χ0n) is 14.6. The lowest BCUT2D eigenvalue weighted by Gasteiger charge is -2.05. The van der Waals surface area contributed by atoms with Crippen LogP contribution in [0.5, 0.6) is 0 Å². The van der Waals surface area contributed by atoms with Crippen molar-refractivity contribution in [3.8, 4) is 5.69 Å². The van der Waals surface area contributed by atoms with Gasteiger partial charge in [0.25, 0.3) is 5.91 Å². The van der Waals surface area contributed by atoms with Crippen molar-refractivity contribution < 1.29 is 18.7 Å². The number of halogens is 1. The molecule has 0 radical (unpaired) electrons. The smallest absolute Gasteiger partial charge is 0.325 e. The molecule has 3 aromatic rings. The molecule has 138 valence electrons. The van der Waals surface area contributed by atoms with Crippen LogP contribution in [0.3, 0.4) is 0 Å². The SMILES string of the molecule is Cc1nc(C(=O)NCC(=O)OCc2ccccc2)nn1-c1ccc(F)cc1. The van der Waals surface area contributed by atoms with Crippen molar-refractivity contribution in [3.63, 3.8) is 0 Å². The van der Waals surface area contributed by atoms with Gasteiger partial charge in [0, 0.05) is 0 Å². The molecule has 7 nitrogen and oxygen atoms in total. The van der Waals surface area contributed by atoms with Gasteiger partial charge in [0.1, 0.15) is 24.8 Å². The summed E-state index contributed by atoms with van der Waals surface area (Å²) in [6, 6.07) is 14.9. The van der Waals surface area contributed by atoms with Gasteiger partial charge in [-0.2, -0.15) is 0 Å². The van der Waals surface area contributed by atoms with E-state index in [-0.39, 0.29) is 24.8 Å². The van der Waals surface area contributed by atoms with E-state index < -0.39 is 11.9 Å². The minimum atomic E-state index is -0.601. The van der Waals surface area contributed by atoms with Crippen LogP contribution in [0.2, 0.25) is 0 Å². The molecule has 2 aromatic carbocycles. The van der Waals surface area contributed by atoms with Crippen molar-refractivity contribution in [2.45, 2.75) is 13.5 Å². The third kappa shape index (κ3) is 4.75. The molecule has 27 heavy (non-hydrogen) atoms. The molecular formula is C19H17FN4O3. The number of esters is 1. The summed E-state index contributed by atoms with van der Waals surface area (Å²) >= 11 is 0. The molecule has 1 N–H and O–H groups in total. The number of hydrogen-bond donors (Lipinski definition) is 1.